The van der Waals surface area contributed by atoms with E-state index >= 15 is 0 Å². The molecule has 122 valence electrons. The molecule has 0 radical (unpaired) electrons. The molecule has 0 N–H and O–H groups in total. The smallest absolute Gasteiger partial charge is 0.120 e. The van der Waals surface area contributed by atoms with Gasteiger partial charge < -0.3 is 9.64 Å². The predicted molar refractivity (Wildman–Crippen MR) is 97.7 cm³/mol. The third kappa shape index (κ3) is 4.80. The largest absolute Gasteiger partial charge is 0.489 e. The van der Waals surface area contributed by atoms with Crippen molar-refractivity contribution in [2.75, 3.05) is 33.2 Å². The SMILES string of the molecule is CN1CCN(Cc2ccc(OCc3ccccc3)cc2Br)CC1. The molecule has 1 heterocycles. The quantitative estimate of drug-likeness (QED) is 0.791. The molecule has 0 bridgehead atoms. The first-order chi connectivity index (χ1) is 11.2. The first-order valence-corrected chi connectivity index (χ1v) is 8.86. The molecule has 23 heavy (non-hydrogen) atoms. The zero-order chi connectivity index (χ0) is 16.1. The van der Waals surface area contributed by atoms with E-state index < -0.39 is 0 Å². The maximum Gasteiger partial charge on any atom is 0.120 e. The lowest BCUT2D eigenvalue weighted by molar-refractivity contribution is 0.148. The number of ether oxygens (including phenoxy) is 1. The van der Waals surface area contributed by atoms with Crippen molar-refractivity contribution in [3.05, 3.63) is 64.1 Å². The monoisotopic (exact) mass is 374 g/mol. The minimum absolute atomic E-state index is 0.602. The highest BCUT2D eigenvalue weighted by Gasteiger charge is 2.15. The lowest BCUT2D eigenvalue weighted by atomic mass is 10.2. The highest BCUT2D eigenvalue weighted by Crippen LogP contribution is 2.25. The number of halogens is 1. The molecule has 2 aromatic carbocycles. The minimum atomic E-state index is 0.602. The molecule has 0 saturated carbocycles. The number of likely N-dealkylation sites (N-methyl/N-ethyl adjacent to an activating group) is 1. The van der Waals surface area contributed by atoms with Gasteiger partial charge in [-0.15, -0.1) is 0 Å². The fourth-order valence-electron chi connectivity index (χ4n) is 2.73. The average molecular weight is 375 g/mol. The van der Waals surface area contributed by atoms with Crippen LogP contribution in [0.3, 0.4) is 0 Å². The predicted octanol–water partition coefficient (Wildman–Crippen LogP) is 3.78. The zero-order valence-electron chi connectivity index (χ0n) is 13.5. The molecule has 0 amide bonds. The maximum atomic E-state index is 5.88. The van der Waals surface area contributed by atoms with Crippen LogP contribution in [0, 0.1) is 0 Å². The van der Waals surface area contributed by atoms with Gasteiger partial charge in [0.15, 0.2) is 0 Å². The second kappa shape index (κ2) is 7.95. The van der Waals surface area contributed by atoms with Crippen LogP contribution < -0.4 is 4.74 Å². The topological polar surface area (TPSA) is 15.7 Å². The van der Waals surface area contributed by atoms with Crippen LogP contribution in [0.25, 0.3) is 0 Å². The van der Waals surface area contributed by atoms with Gasteiger partial charge in [-0.05, 0) is 30.3 Å². The van der Waals surface area contributed by atoms with Crippen molar-refractivity contribution in [2.24, 2.45) is 0 Å². The number of hydrogen-bond donors (Lipinski definition) is 0. The van der Waals surface area contributed by atoms with Gasteiger partial charge in [0.1, 0.15) is 12.4 Å². The Morgan fingerprint density at radius 2 is 1.74 bits per heavy atom. The summed E-state index contributed by atoms with van der Waals surface area (Å²) >= 11 is 3.69. The Labute approximate surface area is 147 Å². The van der Waals surface area contributed by atoms with E-state index in [9.17, 15) is 0 Å². The standard InChI is InChI=1S/C19H23BrN2O/c1-21-9-11-22(12-10-21)14-17-7-8-18(13-19(17)20)23-15-16-5-3-2-4-6-16/h2-8,13H,9-12,14-15H2,1H3. The van der Waals surface area contributed by atoms with Gasteiger partial charge in [-0.1, -0.05) is 52.3 Å². The fraction of sp³-hybridized carbons (Fsp3) is 0.368. The summed E-state index contributed by atoms with van der Waals surface area (Å²) in [6.45, 7) is 6.16. The molecule has 0 aliphatic carbocycles. The highest BCUT2D eigenvalue weighted by atomic mass is 79.9. The van der Waals surface area contributed by atoms with Gasteiger partial charge in [0.2, 0.25) is 0 Å². The minimum Gasteiger partial charge on any atom is -0.489 e. The van der Waals surface area contributed by atoms with Crippen LogP contribution in [-0.2, 0) is 13.2 Å². The van der Waals surface area contributed by atoms with Crippen molar-refractivity contribution in [3.63, 3.8) is 0 Å². The first kappa shape index (κ1) is 16.5. The molecular formula is C19H23BrN2O. The lowest BCUT2D eigenvalue weighted by Crippen LogP contribution is -2.43. The van der Waals surface area contributed by atoms with E-state index in [1.54, 1.807) is 0 Å². The number of piperazine rings is 1. The molecule has 4 heteroatoms. The molecule has 2 aromatic rings. The van der Waals surface area contributed by atoms with Crippen molar-refractivity contribution >= 4 is 15.9 Å². The normalized spacial score (nSPS) is 16.4. The van der Waals surface area contributed by atoms with E-state index in [1.807, 2.05) is 18.2 Å². The Morgan fingerprint density at radius 3 is 2.43 bits per heavy atom. The molecule has 1 fully saturated rings. The summed E-state index contributed by atoms with van der Waals surface area (Å²) in [5.41, 5.74) is 2.51. The highest BCUT2D eigenvalue weighted by molar-refractivity contribution is 9.10. The molecular weight excluding hydrogens is 352 g/mol. The van der Waals surface area contributed by atoms with Gasteiger partial charge in [-0.2, -0.15) is 0 Å². The van der Waals surface area contributed by atoms with Gasteiger partial charge in [0.25, 0.3) is 0 Å². The molecule has 0 spiro atoms. The molecule has 3 rings (SSSR count). The van der Waals surface area contributed by atoms with E-state index in [4.69, 9.17) is 4.74 Å². The Morgan fingerprint density at radius 1 is 1.00 bits per heavy atom. The third-order valence-corrected chi connectivity index (χ3v) is 5.00. The Kier molecular flexibility index (Phi) is 5.70. The van der Waals surface area contributed by atoms with Gasteiger partial charge in [0, 0.05) is 37.2 Å². The molecule has 1 aliphatic heterocycles. The van der Waals surface area contributed by atoms with E-state index in [0.29, 0.717) is 6.61 Å². The Bertz CT molecular complexity index is 625. The summed E-state index contributed by atoms with van der Waals surface area (Å²) < 4.78 is 7.01. The number of hydrogen-bond acceptors (Lipinski definition) is 3. The molecule has 0 aromatic heterocycles. The zero-order valence-corrected chi connectivity index (χ0v) is 15.1. The van der Waals surface area contributed by atoms with Crippen molar-refractivity contribution in [3.8, 4) is 5.75 Å². The third-order valence-electron chi connectivity index (χ3n) is 4.26. The molecule has 1 aliphatic rings. The summed E-state index contributed by atoms with van der Waals surface area (Å²) in [7, 11) is 2.19. The summed E-state index contributed by atoms with van der Waals surface area (Å²) in [6, 6.07) is 16.6. The second-order valence-electron chi connectivity index (χ2n) is 6.11. The second-order valence-corrected chi connectivity index (χ2v) is 6.96. The number of rotatable bonds is 5. The summed E-state index contributed by atoms with van der Waals surface area (Å²) in [5.74, 6) is 0.905. The van der Waals surface area contributed by atoms with Gasteiger partial charge in [-0.25, -0.2) is 0 Å². The van der Waals surface area contributed by atoms with Gasteiger partial charge >= 0.3 is 0 Å². The molecule has 1 saturated heterocycles. The van der Waals surface area contributed by atoms with Gasteiger partial charge in [0.05, 0.1) is 0 Å². The van der Waals surface area contributed by atoms with Crippen LogP contribution in [0.4, 0.5) is 0 Å². The Hall–Kier alpha value is -1.36. The van der Waals surface area contributed by atoms with Crippen molar-refractivity contribution in [1.29, 1.82) is 0 Å². The van der Waals surface area contributed by atoms with Crippen LogP contribution in [0.5, 0.6) is 5.75 Å². The van der Waals surface area contributed by atoms with Crippen LogP contribution >= 0.6 is 15.9 Å². The summed E-state index contributed by atoms with van der Waals surface area (Å²) in [6.07, 6.45) is 0. The van der Waals surface area contributed by atoms with Crippen LogP contribution in [-0.4, -0.2) is 43.0 Å². The van der Waals surface area contributed by atoms with Crippen molar-refractivity contribution in [2.45, 2.75) is 13.2 Å². The molecule has 0 unspecified atom stereocenters. The molecule has 0 atom stereocenters. The summed E-state index contributed by atoms with van der Waals surface area (Å²) in [4.78, 5) is 4.89. The van der Waals surface area contributed by atoms with Crippen LogP contribution in [0.2, 0.25) is 0 Å². The Balaban J connectivity index is 1.57. The van der Waals surface area contributed by atoms with Crippen molar-refractivity contribution in [1.82, 2.24) is 9.80 Å². The fourth-order valence-corrected chi connectivity index (χ4v) is 3.22. The lowest BCUT2D eigenvalue weighted by Gasteiger charge is -2.32. The van der Waals surface area contributed by atoms with Crippen LogP contribution in [0.15, 0.2) is 53.0 Å². The van der Waals surface area contributed by atoms with E-state index in [-0.39, 0.29) is 0 Å². The van der Waals surface area contributed by atoms with E-state index in [1.165, 1.54) is 11.1 Å². The van der Waals surface area contributed by atoms with Gasteiger partial charge in [-0.3, -0.25) is 4.90 Å². The summed E-state index contributed by atoms with van der Waals surface area (Å²) in [5, 5.41) is 0. The maximum absolute atomic E-state index is 5.88. The van der Waals surface area contributed by atoms with E-state index in [2.05, 4.69) is 63.1 Å². The number of benzene rings is 2. The molecule has 3 nitrogen and oxygen atoms in total. The first-order valence-electron chi connectivity index (χ1n) is 8.07. The average Bonchev–Trinajstić information content (AvgIpc) is 2.58. The number of nitrogens with zero attached hydrogens (tertiary/aromatic N) is 2. The van der Waals surface area contributed by atoms with Crippen molar-refractivity contribution < 1.29 is 4.74 Å². The van der Waals surface area contributed by atoms with E-state index in [0.717, 1.165) is 42.9 Å². The van der Waals surface area contributed by atoms with Crippen LogP contribution in [0.1, 0.15) is 11.1 Å².